The van der Waals surface area contributed by atoms with Gasteiger partial charge in [-0.3, -0.25) is 4.98 Å². The van der Waals surface area contributed by atoms with E-state index in [1.807, 2.05) is 24.4 Å². The van der Waals surface area contributed by atoms with E-state index in [0.717, 1.165) is 10.8 Å². The highest BCUT2D eigenvalue weighted by atomic mass is 14.6. The summed E-state index contributed by atoms with van der Waals surface area (Å²) in [5.41, 5.74) is 1.90. The molecule has 74 valence electrons. The van der Waals surface area contributed by atoms with Crippen molar-refractivity contribution in [1.29, 1.82) is 5.26 Å². The summed E-state index contributed by atoms with van der Waals surface area (Å²) < 4.78 is 0. The summed E-state index contributed by atoms with van der Waals surface area (Å²) in [6.45, 7) is 4.27. The van der Waals surface area contributed by atoms with Crippen LogP contribution in [0, 0.1) is 11.3 Å². The van der Waals surface area contributed by atoms with E-state index < -0.39 is 0 Å². The van der Waals surface area contributed by atoms with E-state index in [1.54, 1.807) is 6.20 Å². The number of nitriles is 1. The van der Waals surface area contributed by atoms with Crippen LogP contribution < -0.4 is 0 Å². The number of fused-ring (bicyclic) bond motifs is 1. The molecule has 0 fully saturated rings. The van der Waals surface area contributed by atoms with Crippen LogP contribution in [0.3, 0.4) is 0 Å². The van der Waals surface area contributed by atoms with Gasteiger partial charge in [-0.05, 0) is 22.9 Å². The minimum absolute atomic E-state index is 0.426. The van der Waals surface area contributed by atoms with Crippen molar-refractivity contribution in [3.63, 3.8) is 0 Å². The maximum atomic E-state index is 8.99. The first kappa shape index (κ1) is 9.67. The lowest BCUT2D eigenvalue weighted by atomic mass is 9.97. The first-order chi connectivity index (χ1) is 7.24. The van der Waals surface area contributed by atoms with E-state index in [4.69, 9.17) is 5.26 Å². The van der Waals surface area contributed by atoms with E-state index >= 15 is 0 Å². The summed E-state index contributed by atoms with van der Waals surface area (Å²) in [6, 6.07) is 8.00. The van der Waals surface area contributed by atoms with E-state index in [9.17, 15) is 0 Å². The average Bonchev–Trinajstić information content (AvgIpc) is 2.27. The quantitative estimate of drug-likeness (QED) is 0.702. The molecule has 1 aromatic carbocycles. The Balaban J connectivity index is 2.84. The molecule has 2 heteroatoms. The summed E-state index contributed by atoms with van der Waals surface area (Å²) >= 11 is 0. The molecule has 0 saturated carbocycles. The fourth-order valence-electron chi connectivity index (χ4n) is 1.78. The number of pyridine rings is 1. The Morgan fingerprint density at radius 3 is 2.67 bits per heavy atom. The van der Waals surface area contributed by atoms with Crippen molar-refractivity contribution >= 4 is 10.8 Å². The maximum absolute atomic E-state index is 8.99. The Morgan fingerprint density at radius 1 is 1.20 bits per heavy atom. The molecule has 2 nitrogen and oxygen atoms in total. The highest BCUT2D eigenvalue weighted by Crippen LogP contribution is 2.25. The van der Waals surface area contributed by atoms with Gasteiger partial charge >= 0.3 is 0 Å². The smallest absolute Gasteiger partial charge is 0.0998 e. The second kappa shape index (κ2) is 3.70. The first-order valence-corrected chi connectivity index (χ1v) is 5.00. The highest BCUT2D eigenvalue weighted by molar-refractivity contribution is 5.89. The lowest BCUT2D eigenvalue weighted by Gasteiger charge is -2.09. The molecular weight excluding hydrogens is 184 g/mol. The normalized spacial score (nSPS) is 10.5. The van der Waals surface area contributed by atoms with Gasteiger partial charge in [-0.2, -0.15) is 5.26 Å². The molecule has 1 heterocycles. The second-order valence-corrected chi connectivity index (χ2v) is 3.90. The van der Waals surface area contributed by atoms with Gasteiger partial charge in [-0.25, -0.2) is 0 Å². The van der Waals surface area contributed by atoms with Crippen LogP contribution in [-0.4, -0.2) is 4.98 Å². The maximum Gasteiger partial charge on any atom is 0.0998 e. The van der Waals surface area contributed by atoms with Crippen LogP contribution in [0.25, 0.3) is 10.8 Å². The molecule has 0 atom stereocenters. The predicted octanol–water partition coefficient (Wildman–Crippen LogP) is 3.23. The lowest BCUT2D eigenvalue weighted by Crippen LogP contribution is -1.92. The zero-order chi connectivity index (χ0) is 10.8. The minimum atomic E-state index is 0.426. The Hall–Kier alpha value is -1.88. The molecule has 0 aliphatic heterocycles. The summed E-state index contributed by atoms with van der Waals surface area (Å²) in [5, 5.41) is 11.1. The Labute approximate surface area is 89.2 Å². The SMILES string of the molecule is CC(C)c1cncc2c(C#N)cccc12. The third-order valence-corrected chi connectivity index (χ3v) is 2.58. The predicted molar refractivity (Wildman–Crippen MR) is 60.5 cm³/mol. The van der Waals surface area contributed by atoms with Crippen molar-refractivity contribution in [1.82, 2.24) is 4.98 Å². The standard InChI is InChI=1S/C13H12N2/c1-9(2)12-7-15-8-13-10(6-14)4-3-5-11(12)13/h3-5,7-9H,1-2H3. The van der Waals surface area contributed by atoms with Crippen LogP contribution in [0.4, 0.5) is 0 Å². The van der Waals surface area contributed by atoms with Gasteiger partial charge in [0.1, 0.15) is 0 Å². The van der Waals surface area contributed by atoms with Crippen LogP contribution in [0.5, 0.6) is 0 Å². The highest BCUT2D eigenvalue weighted by Gasteiger charge is 2.07. The van der Waals surface area contributed by atoms with Gasteiger partial charge in [0.05, 0.1) is 11.6 Å². The van der Waals surface area contributed by atoms with Crippen molar-refractivity contribution in [2.75, 3.05) is 0 Å². The minimum Gasteiger partial charge on any atom is -0.264 e. The largest absolute Gasteiger partial charge is 0.264 e. The van der Waals surface area contributed by atoms with Crippen molar-refractivity contribution in [3.05, 3.63) is 41.7 Å². The molecule has 0 bridgehead atoms. The number of aromatic nitrogens is 1. The van der Waals surface area contributed by atoms with E-state index in [1.165, 1.54) is 5.56 Å². The average molecular weight is 196 g/mol. The molecule has 15 heavy (non-hydrogen) atoms. The molecule has 0 amide bonds. The fraction of sp³-hybridized carbons (Fsp3) is 0.231. The molecule has 0 unspecified atom stereocenters. The topological polar surface area (TPSA) is 36.7 Å². The van der Waals surface area contributed by atoms with Gasteiger partial charge in [0.15, 0.2) is 0 Å². The molecule has 0 radical (unpaired) electrons. The van der Waals surface area contributed by atoms with Crippen LogP contribution in [0.2, 0.25) is 0 Å². The zero-order valence-electron chi connectivity index (χ0n) is 8.86. The molecule has 2 rings (SSSR count). The molecule has 0 aliphatic rings. The second-order valence-electron chi connectivity index (χ2n) is 3.90. The van der Waals surface area contributed by atoms with Crippen LogP contribution in [0.1, 0.15) is 30.9 Å². The number of nitrogens with zero attached hydrogens (tertiary/aromatic N) is 2. The Morgan fingerprint density at radius 2 is 2.00 bits per heavy atom. The molecule has 0 aliphatic carbocycles. The van der Waals surface area contributed by atoms with Crippen LogP contribution in [0.15, 0.2) is 30.6 Å². The molecule has 0 N–H and O–H groups in total. The molecule has 0 spiro atoms. The summed E-state index contributed by atoms with van der Waals surface area (Å²) in [7, 11) is 0. The van der Waals surface area contributed by atoms with Crippen LogP contribution in [-0.2, 0) is 0 Å². The van der Waals surface area contributed by atoms with Gasteiger partial charge in [0.2, 0.25) is 0 Å². The molecular formula is C13H12N2. The van der Waals surface area contributed by atoms with Crippen molar-refractivity contribution in [2.24, 2.45) is 0 Å². The Kier molecular flexibility index (Phi) is 2.39. The van der Waals surface area contributed by atoms with E-state index in [2.05, 4.69) is 24.9 Å². The number of rotatable bonds is 1. The number of hydrogen-bond donors (Lipinski definition) is 0. The van der Waals surface area contributed by atoms with Gasteiger partial charge in [-0.15, -0.1) is 0 Å². The zero-order valence-corrected chi connectivity index (χ0v) is 8.86. The van der Waals surface area contributed by atoms with Gasteiger partial charge in [-0.1, -0.05) is 26.0 Å². The third-order valence-electron chi connectivity index (χ3n) is 2.58. The van der Waals surface area contributed by atoms with Crippen molar-refractivity contribution in [2.45, 2.75) is 19.8 Å². The molecule has 0 saturated heterocycles. The molecule has 1 aromatic heterocycles. The van der Waals surface area contributed by atoms with E-state index in [-0.39, 0.29) is 0 Å². The third kappa shape index (κ3) is 1.57. The monoisotopic (exact) mass is 196 g/mol. The number of hydrogen-bond acceptors (Lipinski definition) is 2. The van der Waals surface area contributed by atoms with E-state index in [0.29, 0.717) is 11.5 Å². The number of benzene rings is 1. The van der Waals surface area contributed by atoms with Crippen molar-refractivity contribution in [3.8, 4) is 6.07 Å². The molecule has 2 aromatic rings. The van der Waals surface area contributed by atoms with Crippen LogP contribution >= 0.6 is 0 Å². The van der Waals surface area contributed by atoms with Gasteiger partial charge < -0.3 is 0 Å². The Bertz CT molecular complexity index is 536. The van der Waals surface area contributed by atoms with Gasteiger partial charge in [0, 0.05) is 17.8 Å². The summed E-state index contributed by atoms with van der Waals surface area (Å²) in [5.74, 6) is 0.426. The summed E-state index contributed by atoms with van der Waals surface area (Å²) in [4.78, 5) is 4.19. The lowest BCUT2D eigenvalue weighted by molar-refractivity contribution is 0.869. The first-order valence-electron chi connectivity index (χ1n) is 5.00. The van der Waals surface area contributed by atoms with Gasteiger partial charge in [0.25, 0.3) is 0 Å². The fourth-order valence-corrected chi connectivity index (χ4v) is 1.78. The summed E-state index contributed by atoms with van der Waals surface area (Å²) in [6.07, 6.45) is 3.65. The van der Waals surface area contributed by atoms with Crippen molar-refractivity contribution < 1.29 is 0 Å².